The molecular weight excluding hydrogens is 238 g/mol. The SMILES string of the molecule is O=C(O)c1ccc(C(=O)N[C@H]2C=CCCC2)s1. The molecule has 2 N–H and O–H groups in total. The number of allylic oxidation sites excluding steroid dienone is 1. The Hall–Kier alpha value is -1.62. The lowest BCUT2D eigenvalue weighted by Crippen LogP contribution is -2.33. The number of amides is 1. The molecule has 2 rings (SSSR count). The minimum atomic E-state index is -0.994. The first-order valence-electron chi connectivity index (χ1n) is 5.47. The summed E-state index contributed by atoms with van der Waals surface area (Å²) in [6, 6.07) is 3.08. The molecular formula is C12H13NO3S. The maximum Gasteiger partial charge on any atom is 0.345 e. The van der Waals surface area contributed by atoms with Crippen LogP contribution in [0.4, 0.5) is 0 Å². The molecule has 1 aromatic rings. The zero-order valence-corrected chi connectivity index (χ0v) is 10.00. The van der Waals surface area contributed by atoms with Crippen LogP contribution in [0.15, 0.2) is 24.3 Å². The summed E-state index contributed by atoms with van der Waals surface area (Å²) in [7, 11) is 0. The van der Waals surface area contributed by atoms with Gasteiger partial charge in [0.2, 0.25) is 0 Å². The fourth-order valence-corrected chi connectivity index (χ4v) is 2.50. The van der Waals surface area contributed by atoms with Gasteiger partial charge in [0, 0.05) is 6.04 Å². The van der Waals surface area contributed by atoms with E-state index in [9.17, 15) is 9.59 Å². The molecule has 1 amide bonds. The first kappa shape index (κ1) is 11.9. The highest BCUT2D eigenvalue weighted by Gasteiger charge is 2.16. The van der Waals surface area contributed by atoms with Crippen molar-refractivity contribution in [2.75, 3.05) is 0 Å². The average Bonchev–Trinajstić information content (AvgIpc) is 2.79. The predicted octanol–water partition coefficient (Wildman–Crippen LogP) is 2.28. The second kappa shape index (κ2) is 5.14. The number of nitrogens with one attached hydrogen (secondary N) is 1. The summed E-state index contributed by atoms with van der Waals surface area (Å²) in [6.07, 6.45) is 7.14. The molecule has 0 unspecified atom stereocenters. The van der Waals surface area contributed by atoms with Crippen LogP contribution in [-0.4, -0.2) is 23.0 Å². The normalized spacial score (nSPS) is 18.9. The zero-order chi connectivity index (χ0) is 12.3. The first-order chi connectivity index (χ1) is 8.16. The summed E-state index contributed by atoms with van der Waals surface area (Å²) in [4.78, 5) is 23.2. The van der Waals surface area contributed by atoms with Crippen LogP contribution in [0.5, 0.6) is 0 Å². The molecule has 1 heterocycles. The largest absolute Gasteiger partial charge is 0.477 e. The highest BCUT2D eigenvalue weighted by molar-refractivity contribution is 7.15. The van der Waals surface area contributed by atoms with Gasteiger partial charge in [0.1, 0.15) is 4.88 Å². The van der Waals surface area contributed by atoms with Crippen molar-refractivity contribution in [1.29, 1.82) is 0 Å². The average molecular weight is 251 g/mol. The van der Waals surface area contributed by atoms with Crippen molar-refractivity contribution in [3.05, 3.63) is 34.0 Å². The Kier molecular flexibility index (Phi) is 3.58. The summed E-state index contributed by atoms with van der Waals surface area (Å²) in [6.45, 7) is 0. The van der Waals surface area contributed by atoms with Crippen LogP contribution in [-0.2, 0) is 0 Å². The standard InChI is InChI=1S/C12H13NO3S/c14-11(13-8-4-2-1-3-5-8)9-6-7-10(17-9)12(15)16/h2,4,6-8H,1,3,5H2,(H,13,14)(H,15,16)/t8-/m0/s1. The van der Waals surface area contributed by atoms with Crippen LogP contribution >= 0.6 is 11.3 Å². The predicted molar refractivity (Wildman–Crippen MR) is 65.5 cm³/mol. The molecule has 0 saturated carbocycles. The fraction of sp³-hybridized carbons (Fsp3) is 0.333. The molecule has 1 atom stereocenters. The van der Waals surface area contributed by atoms with Gasteiger partial charge in [-0.3, -0.25) is 4.79 Å². The highest BCUT2D eigenvalue weighted by Crippen LogP contribution is 2.17. The molecule has 1 aliphatic carbocycles. The van der Waals surface area contributed by atoms with E-state index in [-0.39, 0.29) is 16.8 Å². The number of carbonyl (C=O) groups is 2. The third-order valence-electron chi connectivity index (χ3n) is 2.61. The lowest BCUT2D eigenvalue weighted by atomic mass is 10.0. The van der Waals surface area contributed by atoms with E-state index in [0.29, 0.717) is 4.88 Å². The van der Waals surface area contributed by atoms with Crippen LogP contribution in [0.3, 0.4) is 0 Å². The number of rotatable bonds is 3. The maximum absolute atomic E-state index is 11.8. The van der Waals surface area contributed by atoms with Crippen LogP contribution in [0.2, 0.25) is 0 Å². The van der Waals surface area contributed by atoms with Crippen molar-refractivity contribution >= 4 is 23.2 Å². The molecule has 5 heteroatoms. The Morgan fingerprint density at radius 2 is 2.12 bits per heavy atom. The summed E-state index contributed by atoms with van der Waals surface area (Å²) in [5.41, 5.74) is 0. The molecule has 0 fully saturated rings. The summed E-state index contributed by atoms with van der Waals surface area (Å²) in [5, 5.41) is 11.6. The molecule has 0 radical (unpaired) electrons. The Morgan fingerprint density at radius 3 is 2.71 bits per heavy atom. The minimum absolute atomic E-state index is 0.0756. The molecule has 0 aromatic carbocycles. The van der Waals surface area contributed by atoms with Gasteiger partial charge < -0.3 is 10.4 Å². The maximum atomic E-state index is 11.8. The zero-order valence-electron chi connectivity index (χ0n) is 9.18. The highest BCUT2D eigenvalue weighted by atomic mass is 32.1. The van der Waals surface area contributed by atoms with E-state index in [0.717, 1.165) is 30.6 Å². The molecule has 1 aliphatic rings. The van der Waals surface area contributed by atoms with Gasteiger partial charge >= 0.3 is 5.97 Å². The quantitative estimate of drug-likeness (QED) is 0.810. The van der Waals surface area contributed by atoms with Crippen molar-refractivity contribution in [3.63, 3.8) is 0 Å². The van der Waals surface area contributed by atoms with Gasteiger partial charge in [-0.1, -0.05) is 12.2 Å². The number of carboxylic acids is 1. The molecule has 0 spiro atoms. The number of thiophene rings is 1. The lowest BCUT2D eigenvalue weighted by Gasteiger charge is -2.17. The molecule has 4 nitrogen and oxygen atoms in total. The second-order valence-electron chi connectivity index (χ2n) is 3.91. The van der Waals surface area contributed by atoms with E-state index in [4.69, 9.17) is 5.11 Å². The lowest BCUT2D eigenvalue weighted by molar-refractivity contribution is 0.0702. The third-order valence-corrected chi connectivity index (χ3v) is 3.68. The van der Waals surface area contributed by atoms with Crippen molar-refractivity contribution < 1.29 is 14.7 Å². The van der Waals surface area contributed by atoms with E-state index in [1.807, 2.05) is 6.08 Å². The molecule has 17 heavy (non-hydrogen) atoms. The monoisotopic (exact) mass is 251 g/mol. The van der Waals surface area contributed by atoms with Crippen LogP contribution < -0.4 is 5.32 Å². The second-order valence-corrected chi connectivity index (χ2v) is 4.99. The molecule has 0 saturated heterocycles. The van der Waals surface area contributed by atoms with Crippen molar-refractivity contribution in [1.82, 2.24) is 5.32 Å². The third kappa shape index (κ3) is 2.94. The molecule has 1 aromatic heterocycles. The Morgan fingerprint density at radius 1 is 1.35 bits per heavy atom. The summed E-state index contributed by atoms with van der Waals surface area (Å²) >= 11 is 1.00. The van der Waals surface area contributed by atoms with Crippen LogP contribution in [0, 0.1) is 0 Å². The number of hydrogen-bond acceptors (Lipinski definition) is 3. The van der Waals surface area contributed by atoms with Gasteiger partial charge in [-0.15, -0.1) is 11.3 Å². The molecule has 90 valence electrons. The molecule has 0 aliphatic heterocycles. The van der Waals surface area contributed by atoms with E-state index < -0.39 is 5.97 Å². The van der Waals surface area contributed by atoms with Crippen LogP contribution in [0.1, 0.15) is 38.6 Å². The Bertz CT molecular complexity index is 464. The van der Waals surface area contributed by atoms with E-state index in [1.54, 1.807) is 6.07 Å². The van der Waals surface area contributed by atoms with Gasteiger partial charge in [0.25, 0.3) is 5.91 Å². The van der Waals surface area contributed by atoms with Gasteiger partial charge in [-0.05, 0) is 31.4 Å². The van der Waals surface area contributed by atoms with E-state index in [2.05, 4.69) is 11.4 Å². The Balaban J connectivity index is 2.01. The van der Waals surface area contributed by atoms with Gasteiger partial charge in [0.05, 0.1) is 4.88 Å². The van der Waals surface area contributed by atoms with Crippen molar-refractivity contribution in [3.8, 4) is 0 Å². The van der Waals surface area contributed by atoms with Gasteiger partial charge in [0.15, 0.2) is 0 Å². The first-order valence-corrected chi connectivity index (χ1v) is 6.29. The number of carboxylic acid groups (broad SMARTS) is 1. The van der Waals surface area contributed by atoms with Crippen molar-refractivity contribution in [2.45, 2.75) is 25.3 Å². The fourth-order valence-electron chi connectivity index (χ4n) is 1.75. The Labute approximate surface area is 103 Å². The van der Waals surface area contributed by atoms with Gasteiger partial charge in [-0.2, -0.15) is 0 Å². The van der Waals surface area contributed by atoms with Gasteiger partial charge in [-0.25, -0.2) is 4.79 Å². The number of carbonyl (C=O) groups excluding carboxylic acids is 1. The van der Waals surface area contributed by atoms with E-state index >= 15 is 0 Å². The van der Waals surface area contributed by atoms with Crippen molar-refractivity contribution in [2.24, 2.45) is 0 Å². The number of aromatic carboxylic acids is 1. The smallest absolute Gasteiger partial charge is 0.345 e. The molecule has 0 bridgehead atoms. The summed E-state index contributed by atoms with van der Waals surface area (Å²) in [5.74, 6) is -1.19. The number of hydrogen-bond donors (Lipinski definition) is 2. The van der Waals surface area contributed by atoms with Crippen LogP contribution in [0.25, 0.3) is 0 Å². The van der Waals surface area contributed by atoms with E-state index in [1.165, 1.54) is 6.07 Å². The topological polar surface area (TPSA) is 66.4 Å². The summed E-state index contributed by atoms with van der Waals surface area (Å²) < 4.78 is 0. The minimum Gasteiger partial charge on any atom is -0.477 e.